The monoisotopic (exact) mass is 221 g/mol. The van der Waals surface area contributed by atoms with E-state index in [0.29, 0.717) is 6.61 Å². The summed E-state index contributed by atoms with van der Waals surface area (Å²) < 4.78 is 4.74. The van der Waals surface area contributed by atoms with Gasteiger partial charge in [0.25, 0.3) is 0 Å². The molecule has 0 unspecified atom stereocenters. The minimum atomic E-state index is -0.266. The summed E-state index contributed by atoms with van der Waals surface area (Å²) in [6.45, 7) is 2.40. The lowest BCUT2D eigenvalue weighted by atomic mass is 10.2. The number of benzene rings is 1. The molecule has 0 saturated heterocycles. The largest absolute Gasteiger partial charge is 0.466 e. The molecule has 1 aromatic rings. The Hall–Kier alpha value is -1.84. The number of carbonyl (C=O) groups is 1. The molecule has 0 amide bonds. The van der Waals surface area contributed by atoms with Crippen molar-refractivity contribution < 1.29 is 14.4 Å². The molecule has 0 saturated carbocycles. The molecule has 0 spiro atoms. The Balaban J connectivity index is 2.16. The summed E-state index contributed by atoms with van der Waals surface area (Å²) in [7, 11) is 0. The molecule has 4 nitrogen and oxygen atoms in total. The van der Waals surface area contributed by atoms with Crippen LogP contribution in [-0.2, 0) is 14.4 Å². The van der Waals surface area contributed by atoms with Crippen LogP contribution in [0.3, 0.4) is 0 Å². The smallest absolute Gasteiger partial charge is 0.309 e. The normalized spacial score (nSPS) is 10.3. The van der Waals surface area contributed by atoms with Crippen LogP contribution in [0.25, 0.3) is 0 Å². The summed E-state index contributed by atoms with van der Waals surface area (Å²) in [6, 6.07) is 9.59. The first-order chi connectivity index (χ1) is 7.83. The third-order valence-electron chi connectivity index (χ3n) is 1.78. The van der Waals surface area contributed by atoms with E-state index in [9.17, 15) is 4.79 Å². The molecule has 4 heteroatoms. The molecule has 0 N–H and O–H groups in total. The van der Waals surface area contributed by atoms with Crippen molar-refractivity contribution in [2.75, 3.05) is 13.2 Å². The summed E-state index contributed by atoms with van der Waals surface area (Å²) in [5.41, 5.74) is 0.957. The van der Waals surface area contributed by atoms with Gasteiger partial charge in [-0.1, -0.05) is 35.5 Å². The second kappa shape index (κ2) is 7.45. The van der Waals surface area contributed by atoms with Crippen LogP contribution in [0.1, 0.15) is 18.9 Å². The van der Waals surface area contributed by atoms with Crippen LogP contribution in [0, 0.1) is 0 Å². The number of rotatable bonds is 6. The van der Waals surface area contributed by atoms with Gasteiger partial charge in [-0.05, 0) is 12.5 Å². The average Bonchev–Trinajstić information content (AvgIpc) is 2.30. The Morgan fingerprint density at radius 1 is 1.38 bits per heavy atom. The van der Waals surface area contributed by atoms with E-state index in [1.165, 1.54) is 0 Å². The fourth-order valence-electron chi connectivity index (χ4n) is 1.05. The Morgan fingerprint density at radius 3 is 2.81 bits per heavy atom. The van der Waals surface area contributed by atoms with Crippen LogP contribution in [0.15, 0.2) is 35.5 Å². The van der Waals surface area contributed by atoms with Crippen LogP contribution < -0.4 is 0 Å². The molecule has 1 aromatic carbocycles. The number of oxime groups is 1. The van der Waals surface area contributed by atoms with Crippen LogP contribution in [0.2, 0.25) is 0 Å². The van der Waals surface area contributed by atoms with E-state index in [2.05, 4.69) is 5.16 Å². The molecule has 0 aliphatic heterocycles. The highest BCUT2D eigenvalue weighted by molar-refractivity contribution is 5.78. The summed E-state index contributed by atoms with van der Waals surface area (Å²) in [5.74, 6) is -0.266. The summed E-state index contributed by atoms with van der Waals surface area (Å²) in [5, 5.41) is 3.74. The highest BCUT2D eigenvalue weighted by Crippen LogP contribution is 1.94. The number of hydrogen-bond acceptors (Lipinski definition) is 4. The lowest BCUT2D eigenvalue weighted by Crippen LogP contribution is -2.06. The zero-order valence-corrected chi connectivity index (χ0v) is 9.26. The predicted molar refractivity (Wildman–Crippen MR) is 61.2 cm³/mol. The van der Waals surface area contributed by atoms with Gasteiger partial charge in [-0.2, -0.15) is 0 Å². The fraction of sp³-hybridized carbons (Fsp3) is 0.333. The van der Waals surface area contributed by atoms with Gasteiger partial charge in [-0.25, -0.2) is 0 Å². The first-order valence-corrected chi connectivity index (χ1v) is 5.19. The Labute approximate surface area is 94.9 Å². The SMILES string of the molecule is CCOC(=O)CCON=Cc1ccccc1. The highest BCUT2D eigenvalue weighted by Gasteiger charge is 1.99. The van der Waals surface area contributed by atoms with E-state index in [1.807, 2.05) is 30.3 Å². The van der Waals surface area contributed by atoms with Gasteiger partial charge in [0.15, 0.2) is 0 Å². The molecular weight excluding hydrogens is 206 g/mol. The summed E-state index contributed by atoms with van der Waals surface area (Å²) in [4.78, 5) is 15.8. The molecular formula is C12H15NO3. The first kappa shape index (κ1) is 12.2. The van der Waals surface area contributed by atoms with Crippen LogP contribution >= 0.6 is 0 Å². The average molecular weight is 221 g/mol. The summed E-state index contributed by atoms with van der Waals surface area (Å²) >= 11 is 0. The van der Waals surface area contributed by atoms with Crippen molar-refractivity contribution in [1.29, 1.82) is 0 Å². The number of ether oxygens (including phenoxy) is 1. The quantitative estimate of drug-likeness (QED) is 0.319. The number of nitrogens with zero attached hydrogens (tertiary/aromatic N) is 1. The van der Waals surface area contributed by atoms with Gasteiger partial charge in [-0.3, -0.25) is 4.79 Å². The van der Waals surface area contributed by atoms with E-state index < -0.39 is 0 Å². The molecule has 0 aliphatic rings. The van der Waals surface area contributed by atoms with Crippen molar-refractivity contribution in [2.24, 2.45) is 5.16 Å². The molecule has 86 valence electrons. The number of esters is 1. The van der Waals surface area contributed by atoms with Gasteiger partial charge in [0.05, 0.1) is 19.2 Å². The minimum absolute atomic E-state index is 0.222. The lowest BCUT2D eigenvalue weighted by molar-refractivity contribution is -0.144. The van der Waals surface area contributed by atoms with Crippen molar-refractivity contribution >= 4 is 12.2 Å². The fourth-order valence-corrected chi connectivity index (χ4v) is 1.05. The van der Waals surface area contributed by atoms with E-state index in [4.69, 9.17) is 9.57 Å². The molecule has 0 atom stereocenters. The third kappa shape index (κ3) is 5.14. The molecule has 0 aromatic heterocycles. The number of carbonyl (C=O) groups excluding carboxylic acids is 1. The number of hydrogen-bond donors (Lipinski definition) is 0. The maximum atomic E-state index is 10.9. The maximum Gasteiger partial charge on any atom is 0.309 e. The minimum Gasteiger partial charge on any atom is -0.466 e. The van der Waals surface area contributed by atoms with Crippen molar-refractivity contribution in [1.82, 2.24) is 0 Å². The summed E-state index contributed by atoms with van der Waals surface area (Å²) in [6.07, 6.45) is 1.82. The molecule has 0 aliphatic carbocycles. The molecule has 0 bridgehead atoms. The third-order valence-corrected chi connectivity index (χ3v) is 1.78. The van der Waals surface area contributed by atoms with Crippen LogP contribution in [-0.4, -0.2) is 25.4 Å². The van der Waals surface area contributed by atoms with Gasteiger partial charge in [0.1, 0.15) is 6.61 Å². The highest BCUT2D eigenvalue weighted by atomic mass is 16.6. The Morgan fingerprint density at radius 2 is 2.12 bits per heavy atom. The zero-order valence-electron chi connectivity index (χ0n) is 9.26. The van der Waals surface area contributed by atoms with E-state index in [-0.39, 0.29) is 19.0 Å². The Bertz CT molecular complexity index is 335. The second-order valence-corrected chi connectivity index (χ2v) is 3.03. The van der Waals surface area contributed by atoms with Crippen molar-refractivity contribution in [3.05, 3.63) is 35.9 Å². The molecule has 16 heavy (non-hydrogen) atoms. The zero-order chi connectivity index (χ0) is 11.6. The topological polar surface area (TPSA) is 47.9 Å². The standard InChI is InChI=1S/C12H15NO3/c1-2-15-12(14)8-9-16-13-10-11-6-4-3-5-7-11/h3-7,10H,2,8-9H2,1H3. The van der Waals surface area contributed by atoms with Gasteiger partial charge >= 0.3 is 5.97 Å². The van der Waals surface area contributed by atoms with Crippen LogP contribution in [0.4, 0.5) is 0 Å². The lowest BCUT2D eigenvalue weighted by Gasteiger charge is -2.00. The van der Waals surface area contributed by atoms with E-state index in [0.717, 1.165) is 5.56 Å². The van der Waals surface area contributed by atoms with E-state index in [1.54, 1.807) is 13.1 Å². The molecule has 1 rings (SSSR count). The van der Waals surface area contributed by atoms with Gasteiger partial charge < -0.3 is 9.57 Å². The van der Waals surface area contributed by atoms with Crippen molar-refractivity contribution in [2.45, 2.75) is 13.3 Å². The second-order valence-electron chi connectivity index (χ2n) is 3.03. The van der Waals surface area contributed by atoms with Crippen molar-refractivity contribution in [3.63, 3.8) is 0 Å². The Kier molecular flexibility index (Phi) is 5.70. The molecule has 0 radical (unpaired) electrons. The van der Waals surface area contributed by atoms with Crippen molar-refractivity contribution in [3.8, 4) is 0 Å². The van der Waals surface area contributed by atoms with Gasteiger partial charge in [-0.15, -0.1) is 0 Å². The van der Waals surface area contributed by atoms with Gasteiger partial charge in [0, 0.05) is 0 Å². The maximum absolute atomic E-state index is 10.9. The van der Waals surface area contributed by atoms with E-state index >= 15 is 0 Å². The molecule has 0 heterocycles. The molecule has 0 fully saturated rings. The first-order valence-electron chi connectivity index (χ1n) is 5.19. The van der Waals surface area contributed by atoms with Crippen LogP contribution in [0.5, 0.6) is 0 Å². The predicted octanol–water partition coefficient (Wildman–Crippen LogP) is 1.99. The van der Waals surface area contributed by atoms with Gasteiger partial charge in [0.2, 0.25) is 0 Å².